The van der Waals surface area contributed by atoms with Gasteiger partial charge in [-0.25, -0.2) is 0 Å². The molecule has 0 spiro atoms. The molecular formula is H6ClFN6+2. The Bertz CT molecular complexity index is 62.5. The van der Waals surface area contributed by atoms with Crippen molar-refractivity contribution >= 4 is 12.4 Å². The molecule has 0 aliphatic carbocycles. The van der Waals surface area contributed by atoms with Crippen LogP contribution in [-0.4, -0.2) is 0 Å². The molecule has 0 aromatic carbocycles. The molecule has 0 aliphatic heterocycles. The number of halogens is 2. The molecule has 0 unspecified atom stereocenters. The Hall–Kier alpha value is -1.16. The molecule has 0 fully saturated rings. The molecule has 0 bridgehead atoms. The van der Waals surface area contributed by atoms with E-state index < -0.39 is 0 Å². The highest BCUT2D eigenvalue weighted by Crippen LogP contribution is 0.844. The van der Waals surface area contributed by atoms with Gasteiger partial charge in [-0.3, -0.25) is 4.70 Å². The summed E-state index contributed by atoms with van der Waals surface area (Å²) in [6.45, 7) is 0. The van der Waals surface area contributed by atoms with Gasteiger partial charge in [-0.15, -0.1) is 12.4 Å². The molecule has 0 aliphatic rings. The molecule has 0 heterocycles. The highest BCUT2D eigenvalue weighted by Gasteiger charge is 1.16. The predicted octanol–water partition coefficient (Wildman–Crippen LogP) is 0.805. The molecular weight excluding hydrogens is 138 g/mol. The minimum absolute atomic E-state index is 0. The van der Waals surface area contributed by atoms with Gasteiger partial charge in [-0.2, -0.15) is 0 Å². The second-order valence-corrected chi connectivity index (χ2v) is 0.224. The number of rotatable bonds is 0. The molecule has 0 saturated carbocycles. The smallest absolute Gasteiger partial charge is 0.211 e. The Morgan fingerprint density at radius 3 is 0.750 bits per heavy atom. The summed E-state index contributed by atoms with van der Waals surface area (Å²) < 4.78 is 0. The predicted molar refractivity (Wildman–Crippen MR) is 24.9 cm³/mol. The fraction of sp³-hybridized carbons (Fsp3) is 0. The number of nitrogens with zero attached hydrogens (tertiary/aromatic N) is 2. The van der Waals surface area contributed by atoms with Crippen molar-refractivity contribution in [2.75, 3.05) is 0 Å². The molecule has 0 aromatic heterocycles. The van der Waals surface area contributed by atoms with Gasteiger partial charge in [0.05, 0.1) is 0 Å². The van der Waals surface area contributed by atoms with Gasteiger partial charge in [-0.1, -0.05) is 0 Å². The van der Waals surface area contributed by atoms with Gasteiger partial charge in [0.25, 0.3) is 0 Å². The van der Waals surface area contributed by atoms with Crippen LogP contribution in [0.4, 0.5) is 4.70 Å². The van der Waals surface area contributed by atoms with Gasteiger partial charge in [-0.05, 0) is 0 Å². The van der Waals surface area contributed by atoms with E-state index in [0.29, 0.717) is 0 Å². The maximum absolute atomic E-state index is 5.50. The van der Waals surface area contributed by atoms with E-state index >= 15 is 0 Å². The van der Waals surface area contributed by atoms with Crippen LogP contribution in [0.1, 0.15) is 0 Å². The van der Waals surface area contributed by atoms with Crippen LogP contribution in [0.3, 0.4) is 0 Å². The van der Waals surface area contributed by atoms with Crippen molar-refractivity contribution in [3.05, 3.63) is 0 Å². The lowest BCUT2D eigenvalue weighted by Gasteiger charge is -0.844. The molecule has 0 amide bonds. The molecule has 8 heteroatoms. The standard InChI is InChI=1S/ClH.FH.2H2N3/c;;2*1-3-2/h2*1H;2*1-2H/q;;2*+1. The monoisotopic (exact) mass is 144 g/mol. The Kier molecular flexibility index (Phi) is 701. The lowest BCUT2D eigenvalue weighted by Crippen LogP contribution is -1.24. The number of hydrogen-bond acceptors (Lipinski definition) is 4. The molecule has 0 rings (SSSR count). The van der Waals surface area contributed by atoms with E-state index in [4.69, 9.17) is 22.1 Å². The summed E-state index contributed by atoms with van der Waals surface area (Å²) in [7, 11) is 0. The Labute approximate surface area is 50.1 Å². The molecule has 6 nitrogen and oxygen atoms in total. The van der Waals surface area contributed by atoms with Gasteiger partial charge in [0.15, 0.2) is 0 Å². The van der Waals surface area contributed by atoms with Gasteiger partial charge in [0.2, 0.25) is 9.82 Å². The summed E-state index contributed by atoms with van der Waals surface area (Å²) in [6, 6.07) is 0. The first-order valence-corrected chi connectivity index (χ1v) is 0.894. The zero-order chi connectivity index (χ0) is 5.41. The molecule has 0 aromatic rings. The Morgan fingerprint density at radius 2 is 0.750 bits per heavy atom. The van der Waals surface area contributed by atoms with Crippen LogP contribution in [-0.2, 0) is 0 Å². The highest BCUT2D eigenvalue weighted by atomic mass is 35.5. The van der Waals surface area contributed by atoms with Crippen LogP contribution >= 0.6 is 12.4 Å². The van der Waals surface area contributed by atoms with E-state index in [1.54, 1.807) is 0 Å². The van der Waals surface area contributed by atoms with Gasteiger partial charge in [0, 0.05) is 0 Å². The van der Waals surface area contributed by atoms with Crippen LogP contribution in [0.2, 0.25) is 0 Å². The normalized spacial score (nSPS) is 2.00. The third-order valence-corrected chi connectivity index (χ3v) is 0. The maximum atomic E-state index is 5.50. The fourth-order valence-corrected chi connectivity index (χ4v) is 0. The van der Waals surface area contributed by atoms with Gasteiger partial charge in [0.1, 0.15) is 22.1 Å². The second-order valence-electron chi connectivity index (χ2n) is 0.224. The first-order valence-electron chi connectivity index (χ1n) is 0.894. The highest BCUT2D eigenvalue weighted by molar-refractivity contribution is 5.85. The molecule has 4 N–H and O–H groups in total. The molecule has 0 radical (unpaired) electrons. The number of hydrogen-bond donors (Lipinski definition) is 4. The number of nitrogens with one attached hydrogen (secondary N) is 4. The van der Waals surface area contributed by atoms with Crippen molar-refractivity contribution in [2.45, 2.75) is 0 Å². The minimum atomic E-state index is 0. The van der Waals surface area contributed by atoms with Crippen LogP contribution in [0, 0.1) is 22.1 Å². The Balaban J connectivity index is -0.0000000160. The van der Waals surface area contributed by atoms with Crippen molar-refractivity contribution in [3.8, 4) is 0 Å². The zero-order valence-corrected chi connectivity index (χ0v) is 4.53. The van der Waals surface area contributed by atoms with Crippen LogP contribution in [0.5, 0.6) is 0 Å². The average molecular weight is 145 g/mol. The SMILES string of the molecule is Cl.F.N=[N+]=N.N=[N+]=N. The van der Waals surface area contributed by atoms with Crippen molar-refractivity contribution < 1.29 is 4.70 Å². The first kappa shape index (κ1) is 28.9. The van der Waals surface area contributed by atoms with Crippen LogP contribution < -0.4 is 9.82 Å². The summed E-state index contributed by atoms with van der Waals surface area (Å²) in [5.41, 5.74) is 22.0. The second kappa shape index (κ2) is 194. The van der Waals surface area contributed by atoms with Crippen molar-refractivity contribution in [1.82, 2.24) is 9.82 Å². The molecule has 0 atom stereocenters. The van der Waals surface area contributed by atoms with E-state index in [1.165, 1.54) is 0 Å². The Morgan fingerprint density at radius 1 is 0.750 bits per heavy atom. The third kappa shape index (κ3) is 53.0. The summed E-state index contributed by atoms with van der Waals surface area (Å²) in [5.74, 6) is 0. The van der Waals surface area contributed by atoms with E-state index in [2.05, 4.69) is 0 Å². The lowest BCUT2D eigenvalue weighted by molar-refractivity contribution is 0.928. The topological polar surface area (TPSA) is 124 Å². The summed E-state index contributed by atoms with van der Waals surface area (Å²) in [5, 5.41) is 0. The van der Waals surface area contributed by atoms with Gasteiger partial charge >= 0.3 is 0 Å². The van der Waals surface area contributed by atoms with Crippen LogP contribution in [0.25, 0.3) is 0 Å². The summed E-state index contributed by atoms with van der Waals surface area (Å²) in [6.07, 6.45) is 0. The fourth-order valence-electron chi connectivity index (χ4n) is 0. The van der Waals surface area contributed by atoms with E-state index in [-0.39, 0.29) is 17.1 Å². The van der Waals surface area contributed by atoms with Crippen molar-refractivity contribution in [3.63, 3.8) is 0 Å². The first-order chi connectivity index (χ1) is 2.83. The molecule has 48 valence electrons. The van der Waals surface area contributed by atoms with Crippen LogP contribution in [0.15, 0.2) is 0 Å². The molecule has 0 saturated heterocycles. The summed E-state index contributed by atoms with van der Waals surface area (Å²) in [4.78, 5) is 4.00. The van der Waals surface area contributed by atoms with E-state index in [9.17, 15) is 0 Å². The lowest BCUT2D eigenvalue weighted by atomic mass is 13.0. The van der Waals surface area contributed by atoms with E-state index in [1.807, 2.05) is 9.82 Å². The van der Waals surface area contributed by atoms with Crippen molar-refractivity contribution in [2.24, 2.45) is 0 Å². The summed E-state index contributed by atoms with van der Waals surface area (Å²) >= 11 is 0. The molecule has 8 heavy (non-hydrogen) atoms. The zero-order valence-electron chi connectivity index (χ0n) is 3.71. The van der Waals surface area contributed by atoms with E-state index in [0.717, 1.165) is 0 Å². The quantitative estimate of drug-likeness (QED) is 0.284. The largest absolute Gasteiger partial charge is 0.269 e. The third-order valence-electron chi connectivity index (χ3n) is 0. The van der Waals surface area contributed by atoms with Gasteiger partial charge < -0.3 is 0 Å². The minimum Gasteiger partial charge on any atom is -0.269 e. The van der Waals surface area contributed by atoms with Crippen molar-refractivity contribution in [1.29, 1.82) is 22.1 Å². The average Bonchev–Trinajstić information content (AvgIpc) is 1.39. The maximum Gasteiger partial charge on any atom is 0.211 e.